The molecule has 0 bridgehead atoms. The number of para-hydroxylation sites is 1. The fourth-order valence-corrected chi connectivity index (χ4v) is 3.04. The standard InChI is InChI=1S/C14H19N3O/c1-15-14(10-18)7-6-12(8-14)17-13-5-3-2-4-11(13)9-16-17/h2-5,9,12,15,18H,6-8,10H2,1H3. The lowest BCUT2D eigenvalue weighted by Gasteiger charge is -2.26. The van der Waals surface area contributed by atoms with Crippen LogP contribution >= 0.6 is 0 Å². The van der Waals surface area contributed by atoms with Crippen LogP contribution in [-0.2, 0) is 0 Å². The Morgan fingerprint density at radius 3 is 3.06 bits per heavy atom. The zero-order valence-corrected chi connectivity index (χ0v) is 10.6. The van der Waals surface area contributed by atoms with Crippen LogP contribution in [0.1, 0.15) is 25.3 Å². The summed E-state index contributed by atoms with van der Waals surface area (Å²) in [5.74, 6) is 0. The monoisotopic (exact) mass is 245 g/mol. The van der Waals surface area contributed by atoms with E-state index in [0.29, 0.717) is 6.04 Å². The molecule has 0 aliphatic heterocycles. The summed E-state index contributed by atoms with van der Waals surface area (Å²) in [7, 11) is 1.93. The smallest absolute Gasteiger partial charge is 0.0685 e. The number of benzene rings is 1. The molecule has 0 amide bonds. The Hall–Kier alpha value is -1.39. The molecular formula is C14H19N3O. The van der Waals surface area contributed by atoms with E-state index in [1.165, 1.54) is 10.9 Å². The minimum absolute atomic E-state index is 0.127. The average Bonchev–Trinajstić information content (AvgIpc) is 3.03. The molecule has 2 N–H and O–H groups in total. The number of aliphatic hydroxyl groups excluding tert-OH is 1. The normalized spacial score (nSPS) is 28.0. The Morgan fingerprint density at radius 1 is 1.50 bits per heavy atom. The van der Waals surface area contributed by atoms with Gasteiger partial charge in [-0.2, -0.15) is 5.10 Å². The van der Waals surface area contributed by atoms with Crippen molar-refractivity contribution in [2.24, 2.45) is 0 Å². The summed E-state index contributed by atoms with van der Waals surface area (Å²) >= 11 is 0. The van der Waals surface area contributed by atoms with Crippen LogP contribution in [0.4, 0.5) is 0 Å². The first kappa shape index (κ1) is 11.7. The lowest BCUT2D eigenvalue weighted by Crippen LogP contribution is -2.44. The first-order valence-corrected chi connectivity index (χ1v) is 6.50. The molecule has 2 unspecified atom stereocenters. The highest BCUT2D eigenvalue weighted by molar-refractivity contribution is 5.78. The van der Waals surface area contributed by atoms with Crippen molar-refractivity contribution in [1.82, 2.24) is 15.1 Å². The summed E-state index contributed by atoms with van der Waals surface area (Å²) in [6.45, 7) is 0.194. The molecule has 1 saturated carbocycles. The van der Waals surface area contributed by atoms with Crippen molar-refractivity contribution in [3.05, 3.63) is 30.5 Å². The van der Waals surface area contributed by atoms with Crippen LogP contribution in [0, 0.1) is 0 Å². The van der Waals surface area contributed by atoms with E-state index in [-0.39, 0.29) is 12.1 Å². The summed E-state index contributed by atoms with van der Waals surface area (Å²) in [4.78, 5) is 0. The Labute approximate surface area is 107 Å². The average molecular weight is 245 g/mol. The van der Waals surface area contributed by atoms with E-state index in [1.807, 2.05) is 25.4 Å². The Balaban J connectivity index is 1.93. The third-order valence-corrected chi connectivity index (χ3v) is 4.27. The third kappa shape index (κ3) is 1.72. The van der Waals surface area contributed by atoms with E-state index >= 15 is 0 Å². The number of nitrogens with one attached hydrogen (secondary N) is 1. The first-order chi connectivity index (χ1) is 8.78. The van der Waals surface area contributed by atoms with Gasteiger partial charge >= 0.3 is 0 Å². The minimum atomic E-state index is -0.127. The number of aliphatic hydroxyl groups is 1. The van der Waals surface area contributed by atoms with Gasteiger partial charge in [0.1, 0.15) is 0 Å². The lowest BCUT2D eigenvalue weighted by atomic mass is 9.99. The molecule has 18 heavy (non-hydrogen) atoms. The topological polar surface area (TPSA) is 50.1 Å². The molecule has 0 spiro atoms. The van der Waals surface area contributed by atoms with E-state index in [9.17, 15) is 5.11 Å². The highest BCUT2D eigenvalue weighted by Gasteiger charge is 2.38. The van der Waals surface area contributed by atoms with Crippen molar-refractivity contribution in [2.75, 3.05) is 13.7 Å². The van der Waals surface area contributed by atoms with Gasteiger partial charge in [0.05, 0.1) is 24.4 Å². The first-order valence-electron chi connectivity index (χ1n) is 6.50. The minimum Gasteiger partial charge on any atom is -0.394 e. The van der Waals surface area contributed by atoms with Crippen molar-refractivity contribution >= 4 is 10.9 Å². The summed E-state index contributed by atoms with van der Waals surface area (Å²) in [5, 5.41) is 18.5. The van der Waals surface area contributed by atoms with Crippen LogP contribution in [0.25, 0.3) is 10.9 Å². The van der Waals surface area contributed by atoms with Crippen LogP contribution in [-0.4, -0.2) is 34.1 Å². The van der Waals surface area contributed by atoms with Gasteiger partial charge in [-0.25, -0.2) is 0 Å². The molecule has 4 heteroatoms. The van der Waals surface area contributed by atoms with E-state index in [4.69, 9.17) is 0 Å². The van der Waals surface area contributed by atoms with Gasteiger partial charge in [0.15, 0.2) is 0 Å². The molecule has 1 aromatic heterocycles. The van der Waals surface area contributed by atoms with Gasteiger partial charge < -0.3 is 10.4 Å². The SMILES string of the molecule is CNC1(CO)CCC(n2ncc3ccccc32)C1. The molecule has 1 aromatic carbocycles. The molecule has 0 saturated heterocycles. The van der Waals surface area contributed by atoms with Gasteiger partial charge in [0.2, 0.25) is 0 Å². The highest BCUT2D eigenvalue weighted by Crippen LogP contribution is 2.38. The molecule has 1 fully saturated rings. The van der Waals surface area contributed by atoms with Crippen LogP contribution in [0.3, 0.4) is 0 Å². The second-order valence-corrected chi connectivity index (χ2v) is 5.23. The fourth-order valence-electron chi connectivity index (χ4n) is 3.04. The van der Waals surface area contributed by atoms with Crippen LogP contribution in [0.5, 0.6) is 0 Å². The second kappa shape index (κ2) is 4.37. The number of nitrogens with zero attached hydrogens (tertiary/aromatic N) is 2. The summed E-state index contributed by atoms with van der Waals surface area (Å²) < 4.78 is 2.12. The number of hydrogen-bond donors (Lipinski definition) is 2. The predicted molar refractivity (Wildman–Crippen MR) is 71.5 cm³/mol. The van der Waals surface area contributed by atoms with Gasteiger partial charge in [-0.3, -0.25) is 4.68 Å². The summed E-state index contributed by atoms with van der Waals surface area (Å²) in [6.07, 6.45) is 4.92. The molecule has 0 radical (unpaired) electrons. The maximum atomic E-state index is 9.55. The molecular weight excluding hydrogens is 226 g/mol. The number of likely N-dealkylation sites (N-methyl/N-ethyl adjacent to an activating group) is 1. The summed E-state index contributed by atoms with van der Waals surface area (Å²) in [5.41, 5.74) is 1.06. The van der Waals surface area contributed by atoms with E-state index in [1.54, 1.807) is 0 Å². The zero-order valence-electron chi connectivity index (χ0n) is 10.6. The van der Waals surface area contributed by atoms with Crippen LogP contribution in [0.15, 0.2) is 30.5 Å². The maximum Gasteiger partial charge on any atom is 0.0685 e. The highest BCUT2D eigenvalue weighted by atomic mass is 16.3. The summed E-state index contributed by atoms with van der Waals surface area (Å²) in [6, 6.07) is 8.66. The van der Waals surface area contributed by atoms with Crippen molar-refractivity contribution in [3.8, 4) is 0 Å². The molecule has 1 aliphatic rings. The Morgan fingerprint density at radius 2 is 2.33 bits per heavy atom. The molecule has 1 aliphatic carbocycles. The third-order valence-electron chi connectivity index (χ3n) is 4.27. The maximum absolute atomic E-state index is 9.55. The van der Waals surface area contributed by atoms with Gasteiger partial charge in [-0.05, 0) is 32.4 Å². The fraction of sp³-hybridized carbons (Fsp3) is 0.500. The van der Waals surface area contributed by atoms with Gasteiger partial charge in [-0.15, -0.1) is 0 Å². The molecule has 1 heterocycles. The van der Waals surface area contributed by atoms with E-state index in [0.717, 1.165) is 19.3 Å². The second-order valence-electron chi connectivity index (χ2n) is 5.23. The number of hydrogen-bond acceptors (Lipinski definition) is 3. The van der Waals surface area contributed by atoms with Crippen molar-refractivity contribution in [1.29, 1.82) is 0 Å². The van der Waals surface area contributed by atoms with Gasteiger partial charge in [-0.1, -0.05) is 18.2 Å². The van der Waals surface area contributed by atoms with Crippen LogP contribution < -0.4 is 5.32 Å². The number of rotatable bonds is 3. The van der Waals surface area contributed by atoms with Crippen LogP contribution in [0.2, 0.25) is 0 Å². The molecule has 3 rings (SSSR count). The predicted octanol–water partition coefficient (Wildman–Crippen LogP) is 1.71. The van der Waals surface area contributed by atoms with Crippen molar-refractivity contribution in [2.45, 2.75) is 30.8 Å². The Kier molecular flexibility index (Phi) is 2.84. The number of aromatic nitrogens is 2. The van der Waals surface area contributed by atoms with Gasteiger partial charge in [0, 0.05) is 10.9 Å². The molecule has 2 atom stereocenters. The lowest BCUT2D eigenvalue weighted by molar-refractivity contribution is 0.168. The van der Waals surface area contributed by atoms with E-state index in [2.05, 4.69) is 27.2 Å². The zero-order chi connectivity index (χ0) is 12.6. The molecule has 4 nitrogen and oxygen atoms in total. The molecule has 2 aromatic rings. The Bertz CT molecular complexity index is 545. The quantitative estimate of drug-likeness (QED) is 0.865. The van der Waals surface area contributed by atoms with Gasteiger partial charge in [0.25, 0.3) is 0 Å². The largest absolute Gasteiger partial charge is 0.394 e. The number of fused-ring (bicyclic) bond motifs is 1. The van der Waals surface area contributed by atoms with Crippen molar-refractivity contribution in [3.63, 3.8) is 0 Å². The van der Waals surface area contributed by atoms with Crippen molar-refractivity contribution < 1.29 is 5.11 Å². The van der Waals surface area contributed by atoms with E-state index < -0.39 is 0 Å². The molecule has 96 valence electrons.